The number of piperidine rings is 1. The van der Waals surface area contributed by atoms with Crippen LogP contribution in [-0.2, 0) is 4.74 Å². The fraction of sp³-hybridized carbons (Fsp3) is 0.941. The molecule has 0 radical (unpaired) electrons. The van der Waals surface area contributed by atoms with Crippen molar-refractivity contribution in [2.75, 3.05) is 13.1 Å². The Morgan fingerprint density at radius 1 is 1.24 bits per heavy atom. The lowest BCUT2D eigenvalue weighted by Gasteiger charge is -2.43. The molecule has 2 aliphatic carbocycles. The molecule has 2 saturated carbocycles. The van der Waals surface area contributed by atoms with Crippen molar-refractivity contribution in [3.05, 3.63) is 0 Å². The van der Waals surface area contributed by atoms with Crippen LogP contribution in [0, 0.1) is 17.3 Å². The summed E-state index contributed by atoms with van der Waals surface area (Å²) < 4.78 is 5.50. The molecule has 3 fully saturated rings. The standard InChI is InChI=1S/C17H30N2O2/c1-12-11-19(14(20)21-15(2,3)4)10-5-13(12)16(6-7-16)17(18)8-9-17/h12-13H,5-11,18H2,1-4H3. The number of rotatable bonds is 2. The van der Waals surface area contributed by atoms with Crippen LogP contribution in [0.25, 0.3) is 0 Å². The van der Waals surface area contributed by atoms with E-state index in [1.807, 2.05) is 25.7 Å². The van der Waals surface area contributed by atoms with E-state index in [0.717, 1.165) is 19.5 Å². The number of hydrogen-bond acceptors (Lipinski definition) is 3. The smallest absolute Gasteiger partial charge is 0.410 e. The number of amides is 1. The SMILES string of the molecule is CC1CN(C(=O)OC(C)(C)C)CCC1C1(C2(N)CC2)CC1. The van der Waals surface area contributed by atoms with Crippen molar-refractivity contribution < 1.29 is 9.53 Å². The molecule has 1 heterocycles. The van der Waals surface area contributed by atoms with Gasteiger partial charge in [-0.05, 0) is 70.1 Å². The lowest BCUT2D eigenvalue weighted by Crippen LogP contribution is -2.50. The van der Waals surface area contributed by atoms with Crippen LogP contribution in [0.1, 0.15) is 59.8 Å². The number of carbonyl (C=O) groups excluding carboxylic acids is 1. The lowest BCUT2D eigenvalue weighted by molar-refractivity contribution is 0.00230. The van der Waals surface area contributed by atoms with E-state index in [4.69, 9.17) is 10.5 Å². The second-order valence-electron chi connectivity index (χ2n) is 8.61. The summed E-state index contributed by atoms with van der Waals surface area (Å²) in [6, 6.07) is 0. The van der Waals surface area contributed by atoms with Gasteiger partial charge in [-0.15, -0.1) is 0 Å². The minimum atomic E-state index is -0.412. The molecule has 2 N–H and O–H groups in total. The highest BCUT2D eigenvalue weighted by Gasteiger charge is 2.67. The van der Waals surface area contributed by atoms with Gasteiger partial charge >= 0.3 is 6.09 Å². The molecule has 3 aliphatic rings. The van der Waals surface area contributed by atoms with Crippen LogP contribution in [0.15, 0.2) is 0 Å². The van der Waals surface area contributed by atoms with Crippen molar-refractivity contribution in [3.8, 4) is 0 Å². The second-order valence-corrected chi connectivity index (χ2v) is 8.61. The molecule has 0 aromatic rings. The van der Waals surface area contributed by atoms with Gasteiger partial charge in [-0.2, -0.15) is 0 Å². The summed E-state index contributed by atoms with van der Waals surface area (Å²) in [6.45, 7) is 9.69. The van der Waals surface area contributed by atoms with Crippen molar-refractivity contribution in [2.24, 2.45) is 23.0 Å². The first-order valence-electron chi connectivity index (χ1n) is 8.44. The minimum Gasteiger partial charge on any atom is -0.444 e. The maximum Gasteiger partial charge on any atom is 0.410 e. The van der Waals surface area contributed by atoms with Gasteiger partial charge in [-0.1, -0.05) is 6.92 Å². The largest absolute Gasteiger partial charge is 0.444 e. The predicted molar refractivity (Wildman–Crippen MR) is 82.9 cm³/mol. The van der Waals surface area contributed by atoms with Gasteiger partial charge in [-0.3, -0.25) is 0 Å². The molecule has 0 aromatic carbocycles. The van der Waals surface area contributed by atoms with Crippen molar-refractivity contribution in [2.45, 2.75) is 70.9 Å². The normalized spacial score (nSPS) is 33.5. The van der Waals surface area contributed by atoms with Gasteiger partial charge < -0.3 is 15.4 Å². The van der Waals surface area contributed by atoms with Crippen LogP contribution in [-0.4, -0.2) is 35.2 Å². The highest BCUT2D eigenvalue weighted by atomic mass is 16.6. The Kier molecular flexibility index (Phi) is 3.32. The first-order valence-corrected chi connectivity index (χ1v) is 8.44. The van der Waals surface area contributed by atoms with Crippen LogP contribution >= 0.6 is 0 Å². The number of ether oxygens (including phenoxy) is 1. The molecular formula is C17H30N2O2. The zero-order chi connectivity index (χ0) is 15.5. The Bertz CT molecular complexity index is 433. The fourth-order valence-electron chi connectivity index (χ4n) is 4.46. The van der Waals surface area contributed by atoms with Crippen LogP contribution in [0.2, 0.25) is 0 Å². The van der Waals surface area contributed by atoms with Gasteiger partial charge in [0, 0.05) is 18.6 Å². The summed E-state index contributed by atoms with van der Waals surface area (Å²) in [7, 11) is 0. The molecule has 0 aromatic heterocycles. The maximum atomic E-state index is 12.2. The van der Waals surface area contributed by atoms with Crippen molar-refractivity contribution in [1.82, 2.24) is 4.90 Å². The number of hydrogen-bond donors (Lipinski definition) is 1. The Labute approximate surface area is 128 Å². The topological polar surface area (TPSA) is 55.6 Å². The van der Waals surface area contributed by atoms with E-state index in [1.165, 1.54) is 25.7 Å². The molecular weight excluding hydrogens is 264 g/mol. The number of carbonyl (C=O) groups is 1. The van der Waals surface area contributed by atoms with E-state index in [0.29, 0.717) is 17.3 Å². The highest BCUT2D eigenvalue weighted by molar-refractivity contribution is 5.68. The van der Waals surface area contributed by atoms with Crippen LogP contribution < -0.4 is 5.73 Å². The van der Waals surface area contributed by atoms with Crippen molar-refractivity contribution in [3.63, 3.8) is 0 Å². The zero-order valence-electron chi connectivity index (χ0n) is 13.9. The molecule has 4 heteroatoms. The number of nitrogens with two attached hydrogens (primary N) is 1. The third kappa shape index (κ3) is 2.67. The summed E-state index contributed by atoms with van der Waals surface area (Å²) in [5.74, 6) is 1.21. The molecule has 1 aliphatic heterocycles. The van der Waals surface area contributed by atoms with Gasteiger partial charge in [0.25, 0.3) is 0 Å². The van der Waals surface area contributed by atoms with E-state index in [2.05, 4.69) is 6.92 Å². The Hall–Kier alpha value is -0.770. The second kappa shape index (κ2) is 4.61. The van der Waals surface area contributed by atoms with Crippen LogP contribution in [0.3, 0.4) is 0 Å². The fourth-order valence-corrected chi connectivity index (χ4v) is 4.46. The summed E-state index contributed by atoms with van der Waals surface area (Å²) in [5, 5.41) is 0. The minimum absolute atomic E-state index is 0.125. The van der Waals surface area contributed by atoms with Gasteiger partial charge in [0.2, 0.25) is 0 Å². The molecule has 2 atom stereocenters. The van der Waals surface area contributed by atoms with Gasteiger partial charge in [0.1, 0.15) is 5.60 Å². The average Bonchev–Trinajstić information content (AvgIpc) is 3.23. The van der Waals surface area contributed by atoms with Gasteiger partial charge in [0.05, 0.1) is 0 Å². The molecule has 0 bridgehead atoms. The molecule has 21 heavy (non-hydrogen) atoms. The summed E-state index contributed by atoms with van der Waals surface area (Å²) in [6.07, 6.45) is 5.92. The summed E-state index contributed by atoms with van der Waals surface area (Å²) in [5.41, 5.74) is 6.66. The predicted octanol–water partition coefficient (Wildman–Crippen LogP) is 3.15. The van der Waals surface area contributed by atoms with Gasteiger partial charge in [-0.25, -0.2) is 4.79 Å². The molecule has 2 unspecified atom stereocenters. The molecule has 120 valence electrons. The van der Waals surface area contributed by atoms with E-state index in [-0.39, 0.29) is 11.6 Å². The third-order valence-corrected chi connectivity index (χ3v) is 5.84. The number of nitrogens with zero attached hydrogens (tertiary/aromatic N) is 1. The first kappa shape index (κ1) is 15.1. The lowest BCUT2D eigenvalue weighted by atomic mass is 9.70. The van der Waals surface area contributed by atoms with E-state index >= 15 is 0 Å². The molecule has 1 saturated heterocycles. The average molecular weight is 294 g/mol. The highest BCUT2D eigenvalue weighted by Crippen LogP contribution is 2.69. The van der Waals surface area contributed by atoms with Crippen LogP contribution in [0.4, 0.5) is 4.79 Å². The van der Waals surface area contributed by atoms with Crippen molar-refractivity contribution in [1.29, 1.82) is 0 Å². The van der Waals surface area contributed by atoms with E-state index in [9.17, 15) is 4.79 Å². The Balaban J connectivity index is 1.61. The summed E-state index contributed by atoms with van der Waals surface area (Å²) >= 11 is 0. The van der Waals surface area contributed by atoms with E-state index in [1.54, 1.807) is 0 Å². The Morgan fingerprint density at radius 2 is 1.86 bits per heavy atom. The number of likely N-dealkylation sites (tertiary alicyclic amines) is 1. The van der Waals surface area contributed by atoms with Crippen molar-refractivity contribution >= 4 is 6.09 Å². The zero-order valence-corrected chi connectivity index (χ0v) is 13.9. The molecule has 4 nitrogen and oxygen atoms in total. The quantitative estimate of drug-likeness (QED) is 0.851. The Morgan fingerprint density at radius 3 is 2.29 bits per heavy atom. The molecule has 0 spiro atoms. The van der Waals surface area contributed by atoms with Gasteiger partial charge in [0.15, 0.2) is 0 Å². The van der Waals surface area contributed by atoms with Crippen LogP contribution in [0.5, 0.6) is 0 Å². The first-order chi connectivity index (χ1) is 9.67. The monoisotopic (exact) mass is 294 g/mol. The molecule has 3 rings (SSSR count). The maximum absolute atomic E-state index is 12.2. The summed E-state index contributed by atoms with van der Waals surface area (Å²) in [4.78, 5) is 14.1. The third-order valence-electron chi connectivity index (χ3n) is 5.84. The van der Waals surface area contributed by atoms with E-state index < -0.39 is 5.60 Å². The molecule has 1 amide bonds.